The highest BCUT2D eigenvalue weighted by Crippen LogP contribution is 2.30. The van der Waals surface area contributed by atoms with E-state index in [1.54, 1.807) is 0 Å². The van der Waals surface area contributed by atoms with Crippen LogP contribution < -0.4 is 5.32 Å². The molecule has 0 aliphatic carbocycles. The van der Waals surface area contributed by atoms with Gasteiger partial charge in [0.05, 0.1) is 12.1 Å². The van der Waals surface area contributed by atoms with E-state index in [0.717, 1.165) is 27.8 Å². The fourth-order valence-corrected chi connectivity index (χ4v) is 4.80. The monoisotopic (exact) mass is 480 g/mol. The van der Waals surface area contributed by atoms with E-state index >= 15 is 0 Å². The number of carbonyl (C=O) groups excluding carboxylic acids is 2. The van der Waals surface area contributed by atoms with Crippen molar-refractivity contribution in [1.29, 1.82) is 5.26 Å². The summed E-state index contributed by atoms with van der Waals surface area (Å²) in [5.41, 5.74) is 4.65. The second-order valence-corrected chi connectivity index (χ2v) is 9.10. The number of aromatic nitrogens is 2. The van der Waals surface area contributed by atoms with E-state index in [1.165, 1.54) is 0 Å². The molecular formula is C28H28N6O2. The van der Waals surface area contributed by atoms with E-state index in [0.29, 0.717) is 43.3 Å². The van der Waals surface area contributed by atoms with Gasteiger partial charge in [0.25, 0.3) is 5.91 Å². The molecule has 0 bridgehead atoms. The molecular weight excluding hydrogens is 452 g/mol. The van der Waals surface area contributed by atoms with Gasteiger partial charge >= 0.3 is 0 Å². The van der Waals surface area contributed by atoms with Gasteiger partial charge in [-0.25, -0.2) is 0 Å². The highest BCUT2D eigenvalue weighted by Gasteiger charge is 2.26. The zero-order valence-electron chi connectivity index (χ0n) is 20.4. The number of amides is 2. The maximum atomic E-state index is 13.0. The third-order valence-electron chi connectivity index (χ3n) is 6.88. The molecule has 0 atom stereocenters. The van der Waals surface area contributed by atoms with Gasteiger partial charge in [-0.05, 0) is 43.7 Å². The van der Waals surface area contributed by atoms with Crippen LogP contribution in [-0.4, -0.2) is 63.9 Å². The van der Waals surface area contributed by atoms with Crippen LogP contribution in [0.25, 0.3) is 16.6 Å². The lowest BCUT2D eigenvalue weighted by Gasteiger charge is -2.34. The Kier molecular flexibility index (Phi) is 6.32. The summed E-state index contributed by atoms with van der Waals surface area (Å²) >= 11 is 0. The van der Waals surface area contributed by atoms with Crippen molar-refractivity contribution >= 4 is 28.5 Å². The molecule has 0 saturated carbocycles. The van der Waals surface area contributed by atoms with Crippen molar-refractivity contribution < 1.29 is 9.59 Å². The first kappa shape index (κ1) is 23.4. The van der Waals surface area contributed by atoms with Crippen molar-refractivity contribution in [3.8, 4) is 11.8 Å². The van der Waals surface area contributed by atoms with Crippen molar-refractivity contribution in [2.45, 2.75) is 13.8 Å². The minimum atomic E-state index is -0.184. The maximum Gasteiger partial charge on any atom is 0.270 e. The maximum absolute atomic E-state index is 13.0. The van der Waals surface area contributed by atoms with Gasteiger partial charge in [-0.2, -0.15) is 5.26 Å². The van der Waals surface area contributed by atoms with Crippen molar-refractivity contribution in [3.63, 3.8) is 0 Å². The molecule has 1 fully saturated rings. The molecule has 4 aromatic rings. The summed E-state index contributed by atoms with van der Waals surface area (Å²) in [5.74, 6) is 0.286. The summed E-state index contributed by atoms with van der Waals surface area (Å²) in [4.78, 5) is 33.1. The van der Waals surface area contributed by atoms with E-state index in [4.69, 9.17) is 0 Å². The van der Waals surface area contributed by atoms with E-state index < -0.39 is 0 Å². The van der Waals surface area contributed by atoms with Gasteiger partial charge in [0.1, 0.15) is 17.6 Å². The number of nitriles is 1. The number of para-hydroxylation sites is 2. The van der Waals surface area contributed by atoms with Crippen LogP contribution in [0.4, 0.5) is 5.82 Å². The summed E-state index contributed by atoms with van der Waals surface area (Å²) < 4.78 is 1.92. The Labute approximate surface area is 209 Å². The van der Waals surface area contributed by atoms with E-state index in [2.05, 4.69) is 16.4 Å². The largest absolute Gasteiger partial charge is 0.351 e. The number of fused-ring (bicyclic) bond motifs is 1. The van der Waals surface area contributed by atoms with Crippen molar-refractivity contribution in [1.82, 2.24) is 19.4 Å². The van der Waals surface area contributed by atoms with Crippen molar-refractivity contribution in [2.75, 3.05) is 38.0 Å². The lowest BCUT2D eigenvalue weighted by Crippen LogP contribution is -2.50. The third kappa shape index (κ3) is 4.37. The molecule has 8 nitrogen and oxygen atoms in total. The standard InChI is InChI=1S/C28H28N6O2/c1-19-20(2)34(22-9-4-3-5-10-22)27(23(19)17-29)31-26(35)18-32-12-14-33(15-13-32)28(36)25-16-21-8-6-7-11-24(21)30-25/h3-11,16,30H,12-15,18H2,1-2H3,(H,31,35). The lowest BCUT2D eigenvalue weighted by molar-refractivity contribution is -0.117. The summed E-state index contributed by atoms with van der Waals surface area (Å²) in [6, 6.07) is 21.7. The number of aromatic amines is 1. The molecule has 2 amide bonds. The van der Waals surface area contributed by atoms with Crippen LogP contribution in [0.15, 0.2) is 60.7 Å². The van der Waals surface area contributed by atoms with Gasteiger partial charge in [-0.3, -0.25) is 19.1 Å². The van der Waals surface area contributed by atoms with Crippen LogP contribution in [0.2, 0.25) is 0 Å². The highest BCUT2D eigenvalue weighted by molar-refractivity contribution is 5.98. The van der Waals surface area contributed by atoms with Gasteiger partial charge < -0.3 is 15.2 Å². The summed E-state index contributed by atoms with van der Waals surface area (Å²) in [7, 11) is 0. The lowest BCUT2D eigenvalue weighted by atomic mass is 10.2. The number of carbonyl (C=O) groups is 2. The molecule has 8 heteroatoms. The normalized spacial score (nSPS) is 14.1. The number of nitrogens with zero attached hydrogens (tertiary/aromatic N) is 4. The van der Waals surface area contributed by atoms with Crippen LogP contribution >= 0.6 is 0 Å². The molecule has 0 radical (unpaired) electrons. The van der Waals surface area contributed by atoms with Gasteiger partial charge in [0.2, 0.25) is 5.91 Å². The molecule has 5 rings (SSSR count). The quantitative estimate of drug-likeness (QED) is 0.454. The molecule has 182 valence electrons. The minimum Gasteiger partial charge on any atom is -0.351 e. The molecule has 2 N–H and O–H groups in total. The van der Waals surface area contributed by atoms with E-state index in [-0.39, 0.29) is 18.4 Å². The Morgan fingerprint density at radius 1 is 1.00 bits per heavy atom. The minimum absolute atomic E-state index is 0.0272. The Balaban J connectivity index is 1.24. The average Bonchev–Trinajstić information content (AvgIpc) is 3.43. The molecule has 0 unspecified atom stereocenters. The summed E-state index contributed by atoms with van der Waals surface area (Å²) in [6.45, 7) is 6.32. The van der Waals surface area contributed by atoms with Crippen LogP contribution in [0.5, 0.6) is 0 Å². The molecule has 0 spiro atoms. The number of H-pyrrole nitrogens is 1. The first-order chi connectivity index (χ1) is 17.5. The Morgan fingerprint density at radius 2 is 1.69 bits per heavy atom. The fourth-order valence-electron chi connectivity index (χ4n) is 4.80. The van der Waals surface area contributed by atoms with E-state index in [9.17, 15) is 14.9 Å². The molecule has 2 aromatic heterocycles. The topological polar surface area (TPSA) is 97.2 Å². The smallest absolute Gasteiger partial charge is 0.270 e. The second kappa shape index (κ2) is 9.72. The average molecular weight is 481 g/mol. The third-order valence-corrected chi connectivity index (χ3v) is 6.88. The number of hydrogen-bond donors (Lipinski definition) is 2. The Morgan fingerprint density at radius 3 is 2.39 bits per heavy atom. The summed E-state index contributed by atoms with van der Waals surface area (Å²) in [6.07, 6.45) is 0. The molecule has 3 heterocycles. The predicted octanol–water partition coefficient (Wildman–Crippen LogP) is 3.84. The zero-order chi connectivity index (χ0) is 25.2. The number of anilines is 1. The predicted molar refractivity (Wildman–Crippen MR) is 139 cm³/mol. The van der Waals surface area contributed by atoms with Gasteiger partial charge in [-0.15, -0.1) is 0 Å². The number of benzene rings is 2. The van der Waals surface area contributed by atoms with Crippen molar-refractivity contribution in [2.24, 2.45) is 0 Å². The SMILES string of the molecule is Cc1c(C#N)c(NC(=O)CN2CCN(C(=O)c3cc4ccccc4[nH]3)CC2)n(-c2ccccc2)c1C. The fraction of sp³-hybridized carbons (Fsp3) is 0.250. The van der Waals surface area contributed by atoms with Crippen LogP contribution in [0.1, 0.15) is 27.3 Å². The van der Waals surface area contributed by atoms with Gasteiger partial charge in [0.15, 0.2) is 0 Å². The van der Waals surface area contributed by atoms with Crippen LogP contribution in [0, 0.1) is 25.2 Å². The molecule has 2 aromatic carbocycles. The molecule has 1 saturated heterocycles. The number of rotatable bonds is 5. The molecule has 36 heavy (non-hydrogen) atoms. The molecule has 1 aliphatic rings. The van der Waals surface area contributed by atoms with Gasteiger partial charge in [-0.1, -0.05) is 36.4 Å². The first-order valence-electron chi connectivity index (χ1n) is 12.0. The zero-order valence-corrected chi connectivity index (χ0v) is 20.4. The molecule has 1 aliphatic heterocycles. The van der Waals surface area contributed by atoms with E-state index in [1.807, 2.05) is 88.9 Å². The summed E-state index contributed by atoms with van der Waals surface area (Å²) in [5, 5.41) is 13.8. The number of hydrogen-bond acceptors (Lipinski definition) is 4. The first-order valence-corrected chi connectivity index (χ1v) is 12.0. The van der Waals surface area contributed by atoms with Crippen LogP contribution in [0.3, 0.4) is 0 Å². The van der Waals surface area contributed by atoms with Gasteiger partial charge in [0, 0.05) is 48.5 Å². The highest BCUT2D eigenvalue weighted by atomic mass is 16.2. The number of nitrogens with one attached hydrogen (secondary N) is 2. The number of piperazine rings is 1. The Hall–Kier alpha value is -4.35. The Bertz CT molecular complexity index is 1440. The van der Waals surface area contributed by atoms with Crippen LogP contribution in [-0.2, 0) is 4.79 Å². The second-order valence-electron chi connectivity index (χ2n) is 9.10. The van der Waals surface area contributed by atoms with Crippen molar-refractivity contribution in [3.05, 3.63) is 83.2 Å².